The van der Waals surface area contributed by atoms with Gasteiger partial charge in [-0.25, -0.2) is 0 Å². The van der Waals surface area contributed by atoms with Gasteiger partial charge in [0.1, 0.15) is 0 Å². The van der Waals surface area contributed by atoms with E-state index in [0.29, 0.717) is 13.2 Å². The molecule has 5 heteroatoms. The molecule has 0 saturated heterocycles. The molecule has 0 unspecified atom stereocenters. The monoisotopic (exact) mass is 360 g/mol. The fourth-order valence-corrected chi connectivity index (χ4v) is 3.57. The maximum Gasteiger partial charge on any atom is 0.192 e. The van der Waals surface area contributed by atoms with Gasteiger partial charge in [-0.15, -0.1) is 0 Å². The van der Waals surface area contributed by atoms with Crippen LogP contribution in [-0.2, 0) is 8.85 Å². The Bertz CT molecular complexity index is 360. The van der Waals surface area contributed by atoms with E-state index in [4.69, 9.17) is 8.85 Å². The molecule has 0 fully saturated rings. The Morgan fingerprint density at radius 1 is 0.870 bits per heavy atom. The second kappa shape index (κ2) is 7.96. The van der Waals surface area contributed by atoms with Gasteiger partial charge in [0.2, 0.25) is 0 Å². The number of aliphatic hydroxyl groups is 1. The van der Waals surface area contributed by atoms with E-state index >= 15 is 0 Å². The average molecular weight is 361 g/mol. The van der Waals surface area contributed by atoms with Crippen molar-refractivity contribution in [3.63, 3.8) is 0 Å². The Morgan fingerprint density at radius 3 is 1.39 bits per heavy atom. The molecule has 0 bridgehead atoms. The third kappa shape index (κ3) is 6.82. The molecule has 0 saturated carbocycles. The van der Waals surface area contributed by atoms with Gasteiger partial charge >= 0.3 is 0 Å². The van der Waals surface area contributed by atoms with Crippen molar-refractivity contribution in [2.75, 3.05) is 19.8 Å². The van der Waals surface area contributed by atoms with Gasteiger partial charge < -0.3 is 14.0 Å². The molecule has 0 aliphatic rings. The van der Waals surface area contributed by atoms with Crippen LogP contribution < -0.4 is 0 Å². The third-order valence-corrected chi connectivity index (χ3v) is 14.7. The number of aliphatic hydroxyl groups excluding tert-OH is 1. The van der Waals surface area contributed by atoms with E-state index in [1.807, 2.05) is 0 Å². The quantitative estimate of drug-likeness (QED) is 0.478. The van der Waals surface area contributed by atoms with E-state index in [9.17, 15) is 5.11 Å². The molecule has 138 valence electrons. The SMILES string of the molecule is C=C(CO)C(CO[Si](C)(C)C(C)(C)C)CO[Si](C)(C)C(C)(C)C. The molecule has 0 radical (unpaired) electrons. The zero-order chi connectivity index (χ0) is 18.7. The summed E-state index contributed by atoms with van der Waals surface area (Å²) in [5.74, 6) is 0.0586. The van der Waals surface area contributed by atoms with Gasteiger partial charge in [0.25, 0.3) is 0 Å². The lowest BCUT2D eigenvalue weighted by Crippen LogP contribution is -2.45. The van der Waals surface area contributed by atoms with Crippen molar-refractivity contribution < 1.29 is 14.0 Å². The average Bonchev–Trinajstić information content (AvgIpc) is 2.35. The van der Waals surface area contributed by atoms with Crippen LogP contribution in [0.2, 0.25) is 36.3 Å². The van der Waals surface area contributed by atoms with Crippen molar-refractivity contribution in [1.82, 2.24) is 0 Å². The van der Waals surface area contributed by atoms with Gasteiger partial charge in [0.15, 0.2) is 16.6 Å². The van der Waals surface area contributed by atoms with Gasteiger partial charge in [-0.3, -0.25) is 0 Å². The summed E-state index contributed by atoms with van der Waals surface area (Å²) >= 11 is 0. The Hall–Kier alpha value is 0.0538. The van der Waals surface area contributed by atoms with Gasteiger partial charge in [-0.2, -0.15) is 0 Å². The lowest BCUT2D eigenvalue weighted by molar-refractivity contribution is 0.166. The Balaban J connectivity index is 4.91. The minimum absolute atomic E-state index is 0.00755. The molecule has 0 aliphatic heterocycles. The lowest BCUT2D eigenvalue weighted by atomic mass is 10.0. The zero-order valence-electron chi connectivity index (χ0n) is 17.2. The van der Waals surface area contributed by atoms with E-state index in [0.717, 1.165) is 5.57 Å². The van der Waals surface area contributed by atoms with Crippen LogP contribution in [0.3, 0.4) is 0 Å². The van der Waals surface area contributed by atoms with E-state index in [1.54, 1.807) is 0 Å². The van der Waals surface area contributed by atoms with Crippen LogP contribution in [0.4, 0.5) is 0 Å². The van der Waals surface area contributed by atoms with Crippen molar-refractivity contribution in [2.45, 2.75) is 77.8 Å². The first-order chi connectivity index (χ1) is 10.0. The molecule has 0 aliphatic carbocycles. The largest absolute Gasteiger partial charge is 0.416 e. The van der Waals surface area contributed by atoms with E-state index in [1.165, 1.54) is 0 Å². The Labute approximate surface area is 146 Å². The van der Waals surface area contributed by atoms with Crippen molar-refractivity contribution in [3.05, 3.63) is 12.2 Å². The third-order valence-electron chi connectivity index (χ3n) is 5.68. The van der Waals surface area contributed by atoms with Crippen molar-refractivity contribution >= 4 is 16.6 Å². The summed E-state index contributed by atoms with van der Waals surface area (Å²) in [4.78, 5) is 0. The standard InChI is InChI=1S/C18H40O3Si2/c1-15(12-19)16(13-20-22(8,9)17(2,3)4)14-21-23(10,11)18(5,6)7/h16,19H,1,12-14H2,2-11H3. The first-order valence-electron chi connectivity index (χ1n) is 8.61. The normalized spacial score (nSPS) is 14.4. The maximum absolute atomic E-state index is 9.50. The van der Waals surface area contributed by atoms with Crippen LogP contribution in [0.5, 0.6) is 0 Å². The summed E-state index contributed by atoms with van der Waals surface area (Å²) in [6.07, 6.45) is 0. The fourth-order valence-electron chi connectivity index (χ4n) is 1.46. The second-order valence-electron chi connectivity index (χ2n) is 9.66. The summed E-state index contributed by atoms with van der Waals surface area (Å²) in [5, 5.41) is 9.85. The minimum Gasteiger partial charge on any atom is -0.416 e. The summed E-state index contributed by atoms with van der Waals surface area (Å²) in [6.45, 7) is 27.6. The van der Waals surface area contributed by atoms with E-state index < -0.39 is 16.6 Å². The predicted octanol–water partition coefficient (Wildman–Crippen LogP) is 5.19. The molecule has 0 aromatic rings. The number of hydrogen-bond acceptors (Lipinski definition) is 3. The molecule has 0 aromatic carbocycles. The molecule has 0 spiro atoms. The summed E-state index contributed by atoms with van der Waals surface area (Å²) in [6, 6.07) is 0. The van der Waals surface area contributed by atoms with Crippen LogP contribution >= 0.6 is 0 Å². The fraction of sp³-hybridized carbons (Fsp3) is 0.889. The first-order valence-corrected chi connectivity index (χ1v) is 14.4. The Morgan fingerprint density at radius 2 is 1.17 bits per heavy atom. The molecule has 0 heterocycles. The molecule has 0 rings (SSSR count). The minimum atomic E-state index is -1.80. The van der Waals surface area contributed by atoms with Crippen LogP contribution in [-0.4, -0.2) is 41.6 Å². The molecule has 23 heavy (non-hydrogen) atoms. The summed E-state index contributed by atoms with van der Waals surface area (Å²) < 4.78 is 12.7. The van der Waals surface area contributed by atoms with Gasteiger partial charge in [-0.1, -0.05) is 48.1 Å². The molecular weight excluding hydrogens is 320 g/mol. The van der Waals surface area contributed by atoms with Crippen LogP contribution in [0.15, 0.2) is 12.2 Å². The molecule has 0 aromatic heterocycles. The maximum atomic E-state index is 9.50. The molecule has 3 nitrogen and oxygen atoms in total. The van der Waals surface area contributed by atoms with Gasteiger partial charge in [0, 0.05) is 19.1 Å². The van der Waals surface area contributed by atoms with Crippen molar-refractivity contribution in [1.29, 1.82) is 0 Å². The first kappa shape index (κ1) is 23.1. The van der Waals surface area contributed by atoms with Crippen LogP contribution in [0.1, 0.15) is 41.5 Å². The van der Waals surface area contributed by atoms with Crippen molar-refractivity contribution in [2.24, 2.45) is 5.92 Å². The number of hydrogen-bond donors (Lipinski definition) is 1. The molecule has 0 atom stereocenters. The highest BCUT2D eigenvalue weighted by Gasteiger charge is 2.39. The van der Waals surface area contributed by atoms with Gasteiger partial charge in [0.05, 0.1) is 6.61 Å². The van der Waals surface area contributed by atoms with E-state index in [-0.39, 0.29) is 22.6 Å². The predicted molar refractivity (Wildman–Crippen MR) is 106 cm³/mol. The smallest absolute Gasteiger partial charge is 0.192 e. The van der Waals surface area contributed by atoms with Gasteiger partial charge in [-0.05, 0) is 41.8 Å². The highest BCUT2D eigenvalue weighted by molar-refractivity contribution is 6.74. The highest BCUT2D eigenvalue weighted by atomic mass is 28.4. The number of rotatable bonds is 8. The summed E-state index contributed by atoms with van der Waals surface area (Å²) in [7, 11) is -3.61. The zero-order valence-corrected chi connectivity index (χ0v) is 19.2. The molecule has 1 N–H and O–H groups in total. The lowest BCUT2D eigenvalue weighted by Gasteiger charge is -2.39. The van der Waals surface area contributed by atoms with Crippen LogP contribution in [0, 0.1) is 5.92 Å². The highest BCUT2D eigenvalue weighted by Crippen LogP contribution is 2.38. The summed E-state index contributed by atoms with van der Waals surface area (Å²) in [5.41, 5.74) is 0.808. The second-order valence-corrected chi connectivity index (χ2v) is 19.3. The molecular formula is C18H40O3Si2. The topological polar surface area (TPSA) is 38.7 Å². The van der Waals surface area contributed by atoms with Crippen LogP contribution in [0.25, 0.3) is 0 Å². The Kier molecular flexibility index (Phi) is 7.97. The van der Waals surface area contributed by atoms with Crippen molar-refractivity contribution in [3.8, 4) is 0 Å². The molecule has 0 amide bonds. The van der Waals surface area contributed by atoms with E-state index in [2.05, 4.69) is 74.3 Å².